The highest BCUT2D eigenvalue weighted by Gasteiger charge is 2.37. The van der Waals surface area contributed by atoms with Crippen LogP contribution in [0.1, 0.15) is 29.9 Å². The van der Waals surface area contributed by atoms with Gasteiger partial charge in [0.1, 0.15) is 0 Å². The van der Waals surface area contributed by atoms with E-state index in [0.717, 1.165) is 50.7 Å². The van der Waals surface area contributed by atoms with Gasteiger partial charge in [0.05, 0.1) is 5.56 Å². The molecule has 3 atom stereocenters. The number of hydrogen-bond donors (Lipinski definition) is 2. The summed E-state index contributed by atoms with van der Waals surface area (Å²) in [5.41, 5.74) is 7.97. The van der Waals surface area contributed by atoms with Crippen molar-refractivity contribution in [3.63, 3.8) is 0 Å². The van der Waals surface area contributed by atoms with Crippen molar-refractivity contribution in [3.05, 3.63) is 59.7 Å². The number of benzene rings is 2. The van der Waals surface area contributed by atoms with Crippen LogP contribution in [0.5, 0.6) is 0 Å². The summed E-state index contributed by atoms with van der Waals surface area (Å²) >= 11 is 0. The normalized spacial score (nSPS) is 25.2. The second-order valence-electron chi connectivity index (χ2n) is 7.95. The predicted molar refractivity (Wildman–Crippen MR) is 105 cm³/mol. The molecule has 0 amide bonds. The molecule has 3 nitrogen and oxygen atoms in total. The molecule has 1 aliphatic carbocycles. The smallest absolute Gasteiger partial charge is 0.326 e. The zero-order valence-electron chi connectivity index (χ0n) is 15.8. The van der Waals surface area contributed by atoms with Gasteiger partial charge in [0, 0.05) is 37.6 Å². The molecule has 2 aromatic rings. The van der Waals surface area contributed by atoms with Crippen molar-refractivity contribution in [1.82, 2.24) is 10.2 Å². The van der Waals surface area contributed by atoms with Crippen molar-refractivity contribution in [2.75, 3.05) is 26.2 Å². The fourth-order valence-corrected chi connectivity index (χ4v) is 4.06. The standard InChI is InChI=1S/C22H26F3N3/c23-22(24,25)18-3-1-2-17(12-18)15-4-6-16(7-5-15)20-13-21(20)27-9-11-28-10-8-19(26)14-28/h1-7,12,19-21,27H,8-11,13-14,26H2. The van der Waals surface area contributed by atoms with E-state index < -0.39 is 11.7 Å². The van der Waals surface area contributed by atoms with Crippen molar-refractivity contribution in [3.8, 4) is 11.1 Å². The highest BCUT2D eigenvalue weighted by Crippen LogP contribution is 2.41. The topological polar surface area (TPSA) is 41.3 Å². The number of likely N-dealkylation sites (tertiary alicyclic amines) is 1. The number of nitrogens with zero attached hydrogens (tertiary/aromatic N) is 1. The van der Waals surface area contributed by atoms with E-state index in [4.69, 9.17) is 5.73 Å². The number of nitrogens with one attached hydrogen (secondary N) is 1. The fraction of sp³-hybridized carbons (Fsp3) is 0.455. The first-order valence-electron chi connectivity index (χ1n) is 9.89. The lowest BCUT2D eigenvalue weighted by atomic mass is 10.0. The summed E-state index contributed by atoms with van der Waals surface area (Å²) in [4.78, 5) is 2.40. The molecule has 0 radical (unpaired) electrons. The van der Waals surface area contributed by atoms with Crippen LogP contribution in [0.2, 0.25) is 0 Å². The van der Waals surface area contributed by atoms with Crippen LogP contribution < -0.4 is 11.1 Å². The maximum absolute atomic E-state index is 12.9. The summed E-state index contributed by atoms with van der Waals surface area (Å²) in [5.74, 6) is 0.497. The summed E-state index contributed by atoms with van der Waals surface area (Å²) in [6.07, 6.45) is -2.12. The molecule has 3 unspecified atom stereocenters. The van der Waals surface area contributed by atoms with Gasteiger partial charge in [0.15, 0.2) is 0 Å². The zero-order valence-corrected chi connectivity index (χ0v) is 15.8. The second kappa shape index (κ2) is 7.85. The van der Waals surface area contributed by atoms with Gasteiger partial charge in [-0.25, -0.2) is 0 Å². The highest BCUT2D eigenvalue weighted by molar-refractivity contribution is 5.65. The molecule has 1 aliphatic heterocycles. The third kappa shape index (κ3) is 4.57. The quantitative estimate of drug-likeness (QED) is 0.789. The van der Waals surface area contributed by atoms with E-state index in [0.29, 0.717) is 23.6 Å². The molecule has 1 heterocycles. The van der Waals surface area contributed by atoms with E-state index in [-0.39, 0.29) is 0 Å². The van der Waals surface area contributed by atoms with Crippen LogP contribution in [0.15, 0.2) is 48.5 Å². The Morgan fingerprint density at radius 1 is 1.07 bits per heavy atom. The van der Waals surface area contributed by atoms with Gasteiger partial charge in [-0.2, -0.15) is 13.2 Å². The lowest BCUT2D eigenvalue weighted by Crippen LogP contribution is -2.33. The maximum Gasteiger partial charge on any atom is 0.416 e. The van der Waals surface area contributed by atoms with Crippen LogP contribution in [-0.4, -0.2) is 43.2 Å². The van der Waals surface area contributed by atoms with Gasteiger partial charge in [0.2, 0.25) is 0 Å². The van der Waals surface area contributed by atoms with Crippen LogP contribution in [0.4, 0.5) is 13.2 Å². The van der Waals surface area contributed by atoms with Gasteiger partial charge in [-0.3, -0.25) is 0 Å². The molecule has 2 fully saturated rings. The minimum atomic E-state index is -4.32. The predicted octanol–water partition coefficient (Wildman–Crippen LogP) is 3.85. The molecule has 6 heteroatoms. The number of alkyl halides is 3. The molecule has 4 rings (SSSR count). The molecule has 150 valence electrons. The molecule has 28 heavy (non-hydrogen) atoms. The van der Waals surface area contributed by atoms with Crippen molar-refractivity contribution < 1.29 is 13.2 Å². The minimum Gasteiger partial charge on any atom is -0.326 e. The van der Waals surface area contributed by atoms with Crippen LogP contribution >= 0.6 is 0 Å². The molecular weight excluding hydrogens is 363 g/mol. The Kier molecular flexibility index (Phi) is 5.45. The highest BCUT2D eigenvalue weighted by atomic mass is 19.4. The third-order valence-corrected chi connectivity index (χ3v) is 5.80. The number of halogens is 3. The Labute approximate surface area is 163 Å². The van der Waals surface area contributed by atoms with Gasteiger partial charge < -0.3 is 16.0 Å². The number of rotatable bonds is 6. The summed E-state index contributed by atoms with van der Waals surface area (Å²) in [7, 11) is 0. The van der Waals surface area contributed by atoms with Crippen LogP contribution in [0.25, 0.3) is 11.1 Å². The van der Waals surface area contributed by atoms with E-state index in [1.807, 2.05) is 24.3 Å². The summed E-state index contributed by atoms with van der Waals surface area (Å²) in [6.45, 7) is 4.09. The second-order valence-corrected chi connectivity index (χ2v) is 7.95. The lowest BCUT2D eigenvalue weighted by molar-refractivity contribution is -0.137. The van der Waals surface area contributed by atoms with Crippen molar-refractivity contribution in [2.45, 2.75) is 37.0 Å². The maximum atomic E-state index is 12.9. The first-order valence-corrected chi connectivity index (χ1v) is 9.89. The molecule has 0 bridgehead atoms. The Morgan fingerprint density at radius 2 is 1.86 bits per heavy atom. The van der Waals surface area contributed by atoms with E-state index in [1.54, 1.807) is 6.07 Å². The van der Waals surface area contributed by atoms with E-state index in [9.17, 15) is 13.2 Å². The Bertz CT molecular complexity index is 803. The minimum absolute atomic E-state index is 0.323. The molecule has 1 saturated carbocycles. The largest absolute Gasteiger partial charge is 0.416 e. The third-order valence-electron chi connectivity index (χ3n) is 5.80. The Hall–Kier alpha value is -1.89. The molecular formula is C22H26F3N3. The zero-order chi connectivity index (χ0) is 19.7. The van der Waals surface area contributed by atoms with Crippen LogP contribution in [0.3, 0.4) is 0 Å². The Balaban J connectivity index is 1.31. The number of hydrogen-bond acceptors (Lipinski definition) is 3. The van der Waals surface area contributed by atoms with Gasteiger partial charge >= 0.3 is 6.18 Å². The summed E-state index contributed by atoms with van der Waals surface area (Å²) < 4.78 is 38.7. The summed E-state index contributed by atoms with van der Waals surface area (Å²) in [6, 6.07) is 14.2. The SMILES string of the molecule is NC1CCN(CCNC2CC2c2ccc(-c3cccc(C(F)(F)F)c3)cc2)C1. The molecule has 1 saturated heterocycles. The van der Waals surface area contributed by atoms with Crippen LogP contribution in [-0.2, 0) is 6.18 Å². The van der Waals surface area contributed by atoms with Gasteiger partial charge in [-0.15, -0.1) is 0 Å². The first kappa shape index (κ1) is 19.4. The van der Waals surface area contributed by atoms with Gasteiger partial charge in [0.25, 0.3) is 0 Å². The van der Waals surface area contributed by atoms with E-state index in [1.165, 1.54) is 17.7 Å². The van der Waals surface area contributed by atoms with Crippen LogP contribution in [0, 0.1) is 0 Å². The molecule has 0 spiro atoms. The number of nitrogens with two attached hydrogens (primary N) is 1. The molecule has 2 aromatic carbocycles. The first-order chi connectivity index (χ1) is 13.4. The lowest BCUT2D eigenvalue weighted by Gasteiger charge is -2.15. The van der Waals surface area contributed by atoms with Crippen molar-refractivity contribution in [1.29, 1.82) is 0 Å². The van der Waals surface area contributed by atoms with E-state index in [2.05, 4.69) is 10.2 Å². The van der Waals surface area contributed by atoms with Gasteiger partial charge in [-0.1, -0.05) is 36.4 Å². The van der Waals surface area contributed by atoms with E-state index >= 15 is 0 Å². The van der Waals surface area contributed by atoms with Crippen molar-refractivity contribution in [2.24, 2.45) is 5.73 Å². The average molecular weight is 389 g/mol. The molecule has 0 aromatic heterocycles. The van der Waals surface area contributed by atoms with Crippen molar-refractivity contribution >= 4 is 0 Å². The molecule has 3 N–H and O–H groups in total. The summed E-state index contributed by atoms with van der Waals surface area (Å²) in [5, 5.41) is 3.61. The average Bonchev–Trinajstić information content (AvgIpc) is 3.33. The monoisotopic (exact) mass is 389 g/mol. The molecule has 2 aliphatic rings. The Morgan fingerprint density at radius 3 is 2.54 bits per heavy atom. The fourth-order valence-electron chi connectivity index (χ4n) is 4.06. The van der Waals surface area contributed by atoms with Gasteiger partial charge in [-0.05, 0) is 48.2 Å².